The summed E-state index contributed by atoms with van der Waals surface area (Å²) in [5.41, 5.74) is 0. The molecule has 0 unspecified atom stereocenters. The first-order valence-electron chi connectivity index (χ1n) is 27.3. The summed E-state index contributed by atoms with van der Waals surface area (Å²) in [6.07, 6.45) is 1.12. The summed E-state index contributed by atoms with van der Waals surface area (Å²) in [4.78, 5) is 19.1. The minimum absolute atomic E-state index is 0.558. The van der Waals surface area contributed by atoms with Crippen molar-refractivity contribution in [2.24, 2.45) is 0 Å². The van der Waals surface area contributed by atoms with Crippen molar-refractivity contribution >= 4 is 180 Å². The second kappa shape index (κ2) is 21.3. The van der Waals surface area contributed by atoms with Gasteiger partial charge in [-0.25, -0.2) is 9.59 Å². The molecule has 4 nitrogen and oxygen atoms in total. The fourth-order valence-electron chi connectivity index (χ4n) is 12.1. The van der Waals surface area contributed by atoms with Gasteiger partial charge in [0.05, 0.1) is 0 Å². The van der Waals surface area contributed by atoms with Gasteiger partial charge in [-0.15, -0.1) is 0 Å². The maximum atomic E-state index is 9.55. The van der Waals surface area contributed by atoms with E-state index in [2.05, 4.69) is 267 Å². The zero-order chi connectivity index (χ0) is 55.3. The van der Waals surface area contributed by atoms with Crippen LogP contribution in [0.3, 0.4) is 0 Å². The van der Waals surface area contributed by atoms with Gasteiger partial charge < -0.3 is 10.2 Å². The summed E-state index contributed by atoms with van der Waals surface area (Å²) in [6.45, 7) is 0. The van der Waals surface area contributed by atoms with Crippen molar-refractivity contribution in [1.82, 2.24) is 0 Å². The summed E-state index contributed by atoms with van der Waals surface area (Å²) in [5, 5.41) is 53.0. The number of aliphatic carboxylic acids is 2. The average Bonchev–Trinajstić information content (AvgIpc) is 3.66. The highest BCUT2D eigenvalue weighted by molar-refractivity contribution is 7.57. The van der Waals surface area contributed by atoms with Crippen molar-refractivity contribution in [1.29, 1.82) is 0 Å². The number of hydrogen-bond acceptors (Lipinski definition) is 2. The largest absolute Gasteiger partial charge is 0.478 e. The molecule has 0 aliphatic carbocycles. The first kappa shape index (κ1) is 50.4. The Morgan fingerprint density at radius 3 is 0.646 bits per heavy atom. The normalized spacial score (nSPS) is 11.7. The third kappa shape index (κ3) is 9.59. The third-order valence-corrected chi connectivity index (χ3v) is 18.6. The highest BCUT2D eigenvalue weighted by Gasteiger charge is 2.15. The summed E-state index contributed by atoms with van der Waals surface area (Å²) >= 11 is 0. The minimum atomic E-state index is -1.26. The van der Waals surface area contributed by atoms with Crippen LogP contribution in [-0.2, 0) is 9.59 Å². The van der Waals surface area contributed by atoms with Gasteiger partial charge in [-0.05, 0) is 199 Å². The molecule has 0 aliphatic heterocycles. The lowest BCUT2D eigenvalue weighted by molar-refractivity contribution is -0.134. The van der Waals surface area contributed by atoms with E-state index in [0.717, 1.165) is 0 Å². The molecule has 0 radical (unpaired) electrons. The van der Waals surface area contributed by atoms with Gasteiger partial charge in [-0.1, -0.05) is 236 Å². The van der Waals surface area contributed by atoms with Gasteiger partial charge in [0.25, 0.3) is 0 Å². The van der Waals surface area contributed by atoms with Crippen molar-refractivity contribution in [3.8, 4) is 0 Å². The fraction of sp³-hybridized carbons (Fsp3) is 0. The van der Waals surface area contributed by atoms with Crippen molar-refractivity contribution < 1.29 is 19.8 Å². The molecule has 82 heavy (non-hydrogen) atoms. The van der Waals surface area contributed by atoms with Crippen LogP contribution in [0.2, 0.25) is 0 Å². The third-order valence-electron chi connectivity index (χ3n) is 15.8. The molecule has 0 saturated carbocycles. The zero-order valence-corrected chi connectivity index (χ0v) is 46.3. The number of fused-ring (bicyclic) bond motifs is 16. The highest BCUT2D eigenvalue weighted by Crippen LogP contribution is 2.37. The van der Waals surface area contributed by atoms with Crippen LogP contribution in [0.1, 0.15) is 0 Å². The molecular formula is C76H50O4P2. The Balaban J connectivity index is 0.000000130. The second-order valence-corrected chi connectivity index (χ2v) is 23.5. The Morgan fingerprint density at radius 1 is 0.232 bits per heavy atom. The number of hydrogen-bond donors (Lipinski definition) is 2. The highest BCUT2D eigenvalue weighted by atomic mass is 31.1. The Hall–Kier alpha value is -9.82. The van der Waals surface area contributed by atoms with Crippen molar-refractivity contribution in [2.45, 2.75) is 0 Å². The van der Waals surface area contributed by atoms with E-state index < -0.39 is 11.9 Å². The topological polar surface area (TPSA) is 74.6 Å². The number of carboxylic acids is 2. The van der Waals surface area contributed by atoms with Crippen LogP contribution >= 0.6 is 17.2 Å². The van der Waals surface area contributed by atoms with Crippen LogP contribution in [0.4, 0.5) is 0 Å². The monoisotopic (exact) mass is 1090 g/mol. The Bertz CT molecular complexity index is 4670. The molecule has 0 bridgehead atoms. The van der Waals surface area contributed by atoms with Crippen LogP contribution < -0.4 is 21.2 Å². The Labute approximate surface area is 475 Å². The minimum Gasteiger partial charge on any atom is -0.478 e. The summed E-state index contributed by atoms with van der Waals surface area (Å²) in [7, 11) is 1.13. The van der Waals surface area contributed by atoms with Crippen LogP contribution in [0, 0.1) is 0 Å². The number of rotatable bonds is 6. The summed E-state index contributed by atoms with van der Waals surface area (Å²) < 4.78 is 0. The van der Waals surface area contributed by atoms with E-state index in [4.69, 9.17) is 10.2 Å². The predicted octanol–water partition coefficient (Wildman–Crippen LogP) is 18.2. The second-order valence-electron chi connectivity index (χ2n) is 20.8. The van der Waals surface area contributed by atoms with E-state index in [1.807, 2.05) is 0 Å². The fourth-order valence-corrected chi connectivity index (χ4v) is 15.0. The summed E-state index contributed by atoms with van der Waals surface area (Å²) in [6, 6.07) is 99.0. The van der Waals surface area contributed by atoms with Crippen LogP contribution in [0.15, 0.2) is 279 Å². The molecule has 16 aromatic carbocycles. The average molecular weight is 1090 g/mol. The lowest BCUT2D eigenvalue weighted by Gasteiger charge is -2.14. The molecule has 16 rings (SSSR count). The van der Waals surface area contributed by atoms with E-state index in [1.54, 1.807) is 0 Å². The Morgan fingerprint density at radius 2 is 0.427 bits per heavy atom. The molecule has 0 atom stereocenters. The molecule has 388 valence electrons. The molecule has 0 heterocycles. The van der Waals surface area contributed by atoms with Gasteiger partial charge in [0, 0.05) is 12.2 Å². The zero-order valence-electron chi connectivity index (χ0n) is 44.3. The van der Waals surface area contributed by atoms with Gasteiger partial charge in [-0.2, -0.15) is 0 Å². The molecule has 0 saturated heterocycles. The maximum Gasteiger partial charge on any atom is 0.328 e. The molecule has 16 aromatic rings. The van der Waals surface area contributed by atoms with Crippen LogP contribution in [0.25, 0.3) is 129 Å². The van der Waals surface area contributed by atoms with Gasteiger partial charge >= 0.3 is 11.9 Å². The van der Waals surface area contributed by atoms with Crippen molar-refractivity contribution in [3.63, 3.8) is 0 Å². The molecule has 0 aromatic heterocycles. The molecular weight excluding hydrogens is 1040 g/mol. The van der Waals surface area contributed by atoms with Crippen molar-refractivity contribution in [2.75, 3.05) is 0 Å². The molecule has 0 aliphatic rings. The number of benzene rings is 16. The molecule has 2 N–H and O–H groups in total. The number of carbonyl (C=O) groups is 2. The quantitative estimate of drug-likeness (QED) is 0.0753. The van der Waals surface area contributed by atoms with E-state index in [-0.39, 0.29) is 0 Å². The number of carboxylic acid groups (broad SMARTS) is 2. The smallest absolute Gasteiger partial charge is 0.328 e. The first-order chi connectivity index (χ1) is 40.3. The van der Waals surface area contributed by atoms with E-state index >= 15 is 0 Å². The Kier molecular flexibility index (Phi) is 13.1. The lowest BCUT2D eigenvalue weighted by Crippen LogP contribution is -2.06. The van der Waals surface area contributed by atoms with E-state index in [0.29, 0.717) is 29.3 Å². The van der Waals surface area contributed by atoms with E-state index in [9.17, 15) is 9.59 Å². The molecule has 0 amide bonds. The van der Waals surface area contributed by atoms with Gasteiger partial charge in [0.15, 0.2) is 0 Å². The van der Waals surface area contributed by atoms with Crippen LogP contribution in [-0.4, -0.2) is 22.2 Å². The predicted molar refractivity (Wildman–Crippen MR) is 355 cm³/mol. The van der Waals surface area contributed by atoms with Crippen LogP contribution in [0.5, 0.6) is 0 Å². The van der Waals surface area contributed by atoms with E-state index in [1.165, 1.54) is 150 Å². The van der Waals surface area contributed by atoms with Crippen molar-refractivity contribution in [3.05, 3.63) is 279 Å². The molecule has 0 spiro atoms. The SMILES string of the molecule is O=C(O)/C=C\C(=O)O.c1ccc2cc3c(ccc4cccc(Pc5cccc6ccc7cc8ccccc8cc7c56)c43)cc2c1.c1ccc2cc3c(ccc4cccc(Pc5cccc6ccc7cc8ccccc8cc7c56)c43)cc2c1. The van der Waals surface area contributed by atoms with Gasteiger partial charge in [0.1, 0.15) is 0 Å². The molecule has 6 heteroatoms. The molecule has 0 fully saturated rings. The van der Waals surface area contributed by atoms with Gasteiger partial charge in [0.2, 0.25) is 0 Å². The lowest BCUT2D eigenvalue weighted by atomic mass is 9.98. The van der Waals surface area contributed by atoms with Gasteiger partial charge in [-0.3, -0.25) is 0 Å². The summed E-state index contributed by atoms with van der Waals surface area (Å²) in [5.74, 6) is -2.51. The first-order valence-corrected chi connectivity index (χ1v) is 29.3. The standard InChI is InChI=1S/2C36H23P.C4H4O4/c2*1-3-9-27-21-31-29(19-25(27)7-1)17-15-23-11-5-13-33(35(23)31)37-34-14-6-12-24-16-18-30-20-26-8-2-4-10-28(26)22-32(30)36(24)34;5-3(6)1-2-4(7)8/h2*1-22,37H;1-2H,(H,5,6)(H,7,8)/b;;2-1-. The maximum absolute atomic E-state index is 9.55.